The van der Waals surface area contributed by atoms with Crippen molar-refractivity contribution in [1.29, 1.82) is 0 Å². The lowest BCUT2D eigenvalue weighted by molar-refractivity contribution is 0.0105. The molecule has 0 saturated carbocycles. The molecule has 1 atom stereocenters. The minimum Gasteiger partial charge on any atom is -0.458 e. The summed E-state index contributed by atoms with van der Waals surface area (Å²) in [6, 6.07) is 11.8. The van der Waals surface area contributed by atoms with E-state index in [2.05, 4.69) is 10.2 Å². The molecular formula is C19H22N2O3. The Morgan fingerprint density at radius 2 is 1.96 bits per heavy atom. The molecule has 0 fully saturated rings. The standard InChI is InChI=1S/C19H22N2O3/c1-23-16(11-14-7-3-2-4-8-14)13-24-19(22)18-12-15-9-5-6-10-17(15)20-21-18/h2-4,7-8,12,16H,5-6,9-11,13H2,1H3. The first kappa shape index (κ1) is 16.6. The van der Waals surface area contributed by atoms with E-state index in [1.807, 2.05) is 36.4 Å². The average molecular weight is 326 g/mol. The van der Waals surface area contributed by atoms with E-state index in [0.717, 1.165) is 42.5 Å². The molecule has 5 heteroatoms. The minimum absolute atomic E-state index is 0.179. The van der Waals surface area contributed by atoms with Crippen molar-refractivity contribution >= 4 is 5.97 Å². The Bertz CT molecular complexity index is 688. The van der Waals surface area contributed by atoms with Gasteiger partial charge in [0.2, 0.25) is 0 Å². The first-order chi connectivity index (χ1) is 11.8. The van der Waals surface area contributed by atoms with Crippen molar-refractivity contribution in [2.75, 3.05) is 13.7 Å². The number of nitrogens with zero attached hydrogens (tertiary/aromatic N) is 2. The molecular weight excluding hydrogens is 304 g/mol. The lowest BCUT2D eigenvalue weighted by atomic mass is 9.96. The van der Waals surface area contributed by atoms with Crippen molar-refractivity contribution in [3.05, 3.63) is 58.9 Å². The first-order valence-electron chi connectivity index (χ1n) is 8.35. The van der Waals surface area contributed by atoms with Gasteiger partial charge in [-0.05, 0) is 42.9 Å². The smallest absolute Gasteiger partial charge is 0.358 e. The molecule has 0 amide bonds. The fraction of sp³-hybridized carbons (Fsp3) is 0.421. The summed E-state index contributed by atoms with van der Waals surface area (Å²) in [5, 5.41) is 8.19. The first-order valence-corrected chi connectivity index (χ1v) is 8.35. The molecule has 0 N–H and O–H groups in total. The van der Waals surface area contributed by atoms with E-state index in [0.29, 0.717) is 6.42 Å². The summed E-state index contributed by atoms with van der Waals surface area (Å²) in [7, 11) is 1.63. The maximum atomic E-state index is 12.2. The van der Waals surface area contributed by atoms with Crippen LogP contribution in [0.1, 0.15) is 40.2 Å². The van der Waals surface area contributed by atoms with Crippen LogP contribution >= 0.6 is 0 Å². The number of hydrogen-bond acceptors (Lipinski definition) is 5. The van der Waals surface area contributed by atoms with Crippen molar-refractivity contribution in [3.8, 4) is 0 Å². The van der Waals surface area contributed by atoms with Gasteiger partial charge in [-0.25, -0.2) is 4.79 Å². The van der Waals surface area contributed by atoms with Gasteiger partial charge in [0.15, 0.2) is 5.69 Å². The molecule has 1 aromatic heterocycles. The van der Waals surface area contributed by atoms with Crippen LogP contribution in [0.25, 0.3) is 0 Å². The topological polar surface area (TPSA) is 61.3 Å². The maximum absolute atomic E-state index is 12.2. The van der Waals surface area contributed by atoms with Gasteiger partial charge in [-0.2, -0.15) is 5.10 Å². The highest BCUT2D eigenvalue weighted by atomic mass is 16.6. The van der Waals surface area contributed by atoms with E-state index >= 15 is 0 Å². The molecule has 0 saturated heterocycles. The zero-order valence-corrected chi connectivity index (χ0v) is 13.9. The van der Waals surface area contributed by atoms with E-state index in [9.17, 15) is 4.79 Å². The Morgan fingerprint density at radius 3 is 2.75 bits per heavy atom. The molecule has 1 aliphatic rings. The number of aromatic nitrogens is 2. The zero-order chi connectivity index (χ0) is 16.8. The number of ether oxygens (including phenoxy) is 2. The quantitative estimate of drug-likeness (QED) is 0.764. The highest BCUT2D eigenvalue weighted by molar-refractivity contribution is 5.87. The third-order valence-electron chi connectivity index (χ3n) is 4.32. The van der Waals surface area contributed by atoms with Crippen LogP contribution in [0.3, 0.4) is 0 Å². The molecule has 24 heavy (non-hydrogen) atoms. The van der Waals surface area contributed by atoms with Gasteiger partial charge in [-0.15, -0.1) is 5.10 Å². The average Bonchev–Trinajstić information content (AvgIpc) is 2.65. The second-order valence-electron chi connectivity index (χ2n) is 6.05. The molecule has 126 valence electrons. The number of aryl methyl sites for hydroxylation is 2. The Morgan fingerprint density at radius 1 is 1.17 bits per heavy atom. The van der Waals surface area contributed by atoms with Crippen molar-refractivity contribution < 1.29 is 14.3 Å². The van der Waals surface area contributed by atoms with E-state index in [4.69, 9.17) is 9.47 Å². The lowest BCUT2D eigenvalue weighted by Gasteiger charge is -2.16. The van der Waals surface area contributed by atoms with Crippen molar-refractivity contribution in [3.63, 3.8) is 0 Å². The van der Waals surface area contributed by atoms with Crippen LogP contribution < -0.4 is 0 Å². The van der Waals surface area contributed by atoms with E-state index in [1.54, 1.807) is 7.11 Å². The Balaban J connectivity index is 1.58. The predicted octanol–water partition coefficient (Wildman–Crippen LogP) is 2.77. The fourth-order valence-corrected chi connectivity index (χ4v) is 2.92. The third-order valence-corrected chi connectivity index (χ3v) is 4.32. The van der Waals surface area contributed by atoms with E-state index < -0.39 is 5.97 Å². The molecule has 2 aromatic rings. The van der Waals surface area contributed by atoms with Gasteiger partial charge in [0, 0.05) is 13.5 Å². The number of carbonyl (C=O) groups is 1. The predicted molar refractivity (Wildman–Crippen MR) is 89.9 cm³/mol. The second-order valence-corrected chi connectivity index (χ2v) is 6.05. The molecule has 5 nitrogen and oxygen atoms in total. The fourth-order valence-electron chi connectivity index (χ4n) is 2.92. The maximum Gasteiger partial charge on any atom is 0.358 e. The zero-order valence-electron chi connectivity index (χ0n) is 13.9. The number of carbonyl (C=O) groups excluding carboxylic acids is 1. The van der Waals surface area contributed by atoms with Crippen LogP contribution in [0, 0.1) is 0 Å². The Hall–Kier alpha value is -2.27. The van der Waals surface area contributed by atoms with Crippen LogP contribution in [0.15, 0.2) is 36.4 Å². The minimum atomic E-state index is -0.439. The largest absolute Gasteiger partial charge is 0.458 e. The molecule has 0 aliphatic heterocycles. The lowest BCUT2D eigenvalue weighted by Crippen LogP contribution is -2.24. The molecule has 0 spiro atoms. The van der Waals surface area contributed by atoms with Gasteiger partial charge < -0.3 is 9.47 Å². The molecule has 0 radical (unpaired) electrons. The summed E-state index contributed by atoms with van der Waals surface area (Å²) in [6.07, 6.45) is 4.69. The monoisotopic (exact) mass is 326 g/mol. The number of fused-ring (bicyclic) bond motifs is 1. The van der Waals surface area contributed by atoms with Gasteiger partial charge in [-0.3, -0.25) is 0 Å². The summed E-state index contributed by atoms with van der Waals surface area (Å²) in [6.45, 7) is 0.197. The number of rotatable bonds is 6. The summed E-state index contributed by atoms with van der Waals surface area (Å²) in [4.78, 5) is 12.2. The van der Waals surface area contributed by atoms with Crippen molar-refractivity contribution in [2.24, 2.45) is 0 Å². The SMILES string of the molecule is COC(COC(=O)c1cc2c(nn1)CCCC2)Cc1ccccc1. The van der Waals surface area contributed by atoms with E-state index in [1.165, 1.54) is 0 Å². The van der Waals surface area contributed by atoms with Gasteiger partial charge in [0.1, 0.15) is 6.61 Å². The molecule has 3 rings (SSSR count). The Kier molecular flexibility index (Phi) is 5.54. The van der Waals surface area contributed by atoms with Gasteiger partial charge in [-0.1, -0.05) is 30.3 Å². The van der Waals surface area contributed by atoms with Crippen LogP contribution in [0.2, 0.25) is 0 Å². The van der Waals surface area contributed by atoms with Crippen LogP contribution in [-0.2, 0) is 28.7 Å². The summed E-state index contributed by atoms with van der Waals surface area (Å²) in [5.41, 5.74) is 3.56. The molecule has 1 aromatic carbocycles. The van der Waals surface area contributed by atoms with Gasteiger partial charge in [0.05, 0.1) is 11.8 Å². The molecule has 1 unspecified atom stereocenters. The molecule has 1 heterocycles. The van der Waals surface area contributed by atoms with Crippen molar-refractivity contribution in [1.82, 2.24) is 10.2 Å². The van der Waals surface area contributed by atoms with E-state index in [-0.39, 0.29) is 18.4 Å². The molecule has 1 aliphatic carbocycles. The normalized spacial score (nSPS) is 14.7. The van der Waals surface area contributed by atoms with Crippen LogP contribution in [0.5, 0.6) is 0 Å². The third kappa shape index (κ3) is 4.17. The second kappa shape index (κ2) is 8.02. The summed E-state index contributed by atoms with van der Waals surface area (Å²) >= 11 is 0. The summed E-state index contributed by atoms with van der Waals surface area (Å²) in [5.74, 6) is -0.439. The number of benzene rings is 1. The Labute approximate surface area is 142 Å². The van der Waals surface area contributed by atoms with Crippen molar-refractivity contribution in [2.45, 2.75) is 38.2 Å². The number of hydrogen-bond donors (Lipinski definition) is 0. The van der Waals surface area contributed by atoms with Gasteiger partial charge in [0.25, 0.3) is 0 Å². The number of esters is 1. The number of methoxy groups -OCH3 is 1. The highest BCUT2D eigenvalue weighted by Crippen LogP contribution is 2.19. The van der Waals surface area contributed by atoms with Gasteiger partial charge >= 0.3 is 5.97 Å². The summed E-state index contributed by atoms with van der Waals surface area (Å²) < 4.78 is 10.8. The van der Waals surface area contributed by atoms with Crippen LogP contribution in [-0.4, -0.2) is 36.0 Å². The van der Waals surface area contributed by atoms with Crippen LogP contribution in [0.4, 0.5) is 0 Å². The highest BCUT2D eigenvalue weighted by Gasteiger charge is 2.18. The molecule has 0 bridgehead atoms.